The standard InChI is InChI=1S/C108H114N6/c1-19-106(20-2)91-61-73(49-55-85(91)88-58-52-76(64-94(88)106)112(97-43-31-25-37-79(97)67(7)8)98-44-32-26-38-80(98)68(9)10)103-109-104(74-50-56-86-89-59-53-77(65-95(89)107(21-3,22-4)92(86)62-74)113(99-45-33-27-39-81(99)69(11)12)100-46-34-28-40-82(100)70(13)14)111-105(110-103)75-51-57-87-90-60-54-78(66-96(90)108(23-5,24-6)93(87)63-75)114(101-47-35-29-41-83(101)71(15)16)102-48-36-30-42-84(102)72(17)18/h25-72H,19-24H2,1-18H3. The van der Waals surface area contributed by atoms with E-state index in [9.17, 15) is 0 Å². The van der Waals surface area contributed by atoms with Gasteiger partial charge in [0.1, 0.15) is 0 Å². The van der Waals surface area contributed by atoms with Crippen molar-refractivity contribution in [2.75, 3.05) is 14.7 Å². The van der Waals surface area contributed by atoms with Crippen LogP contribution in [0.25, 0.3) is 67.5 Å². The molecule has 6 nitrogen and oxygen atoms in total. The highest BCUT2D eigenvalue weighted by Crippen LogP contribution is 2.60. The van der Waals surface area contributed by atoms with Crippen molar-refractivity contribution in [3.63, 3.8) is 0 Å². The van der Waals surface area contributed by atoms with Gasteiger partial charge in [-0.05, 0) is 265 Å². The summed E-state index contributed by atoms with van der Waals surface area (Å²) in [6, 6.07) is 97.5. The van der Waals surface area contributed by atoms with Crippen LogP contribution in [-0.2, 0) is 16.2 Å². The number of nitrogens with zero attached hydrogens (tertiary/aromatic N) is 6. The third-order valence-electron chi connectivity index (χ3n) is 26.6. The summed E-state index contributed by atoms with van der Waals surface area (Å²) in [5.41, 5.74) is 36.6. The van der Waals surface area contributed by atoms with E-state index in [-0.39, 0.29) is 16.2 Å². The summed E-state index contributed by atoms with van der Waals surface area (Å²) in [4.78, 5) is 25.0. The molecule has 0 radical (unpaired) electrons. The Balaban J connectivity index is 0.861. The fourth-order valence-corrected chi connectivity index (χ4v) is 20.4. The molecule has 0 saturated carbocycles. The molecule has 576 valence electrons. The van der Waals surface area contributed by atoms with E-state index in [1.165, 1.54) is 151 Å². The molecule has 0 unspecified atom stereocenters. The Morgan fingerprint density at radius 2 is 0.395 bits per heavy atom. The SMILES string of the molecule is CCC1(CC)c2cc(-c3nc(-c4ccc5c(c4)C(CC)(CC)c4cc(N(c6ccccc6C(C)C)c6ccccc6C(C)C)ccc4-5)nc(-c4ccc5c(c4)C(CC)(CC)c4cc(N(c6ccccc6C(C)C)c6ccccc6C(C)C)ccc4-5)n3)ccc2-c2ccc(N(c3ccccc3C(C)C)c3ccccc3C(C)C)cc21. The molecule has 0 saturated heterocycles. The number of rotatable bonds is 24. The zero-order chi connectivity index (χ0) is 79.8. The van der Waals surface area contributed by atoms with E-state index in [4.69, 9.17) is 15.0 Å². The Morgan fingerprint density at radius 1 is 0.219 bits per heavy atom. The Labute approximate surface area is 680 Å². The number of hydrogen-bond acceptors (Lipinski definition) is 6. The number of para-hydroxylation sites is 6. The molecule has 0 fully saturated rings. The number of fused-ring (bicyclic) bond motifs is 9. The summed E-state index contributed by atoms with van der Waals surface area (Å²) in [6.07, 6.45) is 5.52. The monoisotopic (exact) mass is 1490 g/mol. The van der Waals surface area contributed by atoms with Crippen LogP contribution in [0.5, 0.6) is 0 Å². The first-order valence-electron chi connectivity index (χ1n) is 42.8. The summed E-state index contributed by atoms with van der Waals surface area (Å²) in [5.74, 6) is 3.93. The van der Waals surface area contributed by atoms with Gasteiger partial charge in [-0.2, -0.15) is 0 Å². The first-order chi connectivity index (χ1) is 55.2. The van der Waals surface area contributed by atoms with E-state index < -0.39 is 0 Å². The van der Waals surface area contributed by atoms with Crippen LogP contribution in [-0.4, -0.2) is 15.0 Å². The first-order valence-corrected chi connectivity index (χ1v) is 42.8. The van der Waals surface area contributed by atoms with Crippen LogP contribution in [0, 0.1) is 0 Å². The summed E-state index contributed by atoms with van der Waals surface area (Å²) < 4.78 is 0. The predicted octanol–water partition coefficient (Wildman–Crippen LogP) is 31.3. The average molecular weight is 1500 g/mol. The van der Waals surface area contributed by atoms with Crippen molar-refractivity contribution in [3.05, 3.63) is 322 Å². The smallest absolute Gasteiger partial charge is 0.164 e. The molecular weight excluding hydrogens is 1380 g/mol. The zero-order valence-electron chi connectivity index (χ0n) is 70.6. The number of benzene rings is 12. The maximum atomic E-state index is 5.78. The van der Waals surface area contributed by atoms with Gasteiger partial charge in [-0.15, -0.1) is 0 Å². The lowest BCUT2D eigenvalue weighted by molar-refractivity contribution is 0.490. The molecular formula is C108H114N6. The average Bonchev–Trinajstić information content (AvgIpc) is 1.57. The molecule has 0 bridgehead atoms. The van der Waals surface area contributed by atoms with Crippen molar-refractivity contribution in [2.45, 2.75) is 215 Å². The predicted molar refractivity (Wildman–Crippen MR) is 485 cm³/mol. The number of anilines is 9. The maximum Gasteiger partial charge on any atom is 0.164 e. The molecule has 1 heterocycles. The Morgan fingerprint density at radius 3 is 0.579 bits per heavy atom. The van der Waals surface area contributed by atoms with Gasteiger partial charge in [0.2, 0.25) is 0 Å². The lowest BCUT2D eigenvalue weighted by Gasteiger charge is -2.34. The second-order valence-electron chi connectivity index (χ2n) is 34.4. The molecule has 0 N–H and O–H groups in total. The molecule has 0 atom stereocenters. The molecule has 6 heteroatoms. The largest absolute Gasteiger partial charge is 0.310 e. The van der Waals surface area contributed by atoms with Gasteiger partial charge < -0.3 is 14.7 Å². The summed E-state index contributed by atoms with van der Waals surface area (Å²) >= 11 is 0. The normalized spacial score (nSPS) is 13.9. The van der Waals surface area contributed by atoms with Gasteiger partial charge >= 0.3 is 0 Å². The van der Waals surface area contributed by atoms with Crippen LogP contribution in [0.3, 0.4) is 0 Å². The van der Waals surface area contributed by atoms with E-state index in [0.29, 0.717) is 53.0 Å². The van der Waals surface area contributed by atoms with Crippen LogP contribution in [0.4, 0.5) is 51.2 Å². The van der Waals surface area contributed by atoms with Gasteiger partial charge in [-0.25, -0.2) is 15.0 Å². The fourth-order valence-electron chi connectivity index (χ4n) is 20.4. The molecule has 13 aromatic rings. The molecule has 16 rings (SSSR count). The van der Waals surface area contributed by atoms with Crippen molar-refractivity contribution in [1.82, 2.24) is 15.0 Å². The second-order valence-corrected chi connectivity index (χ2v) is 34.4. The zero-order valence-corrected chi connectivity index (χ0v) is 70.6. The highest BCUT2D eigenvalue weighted by molar-refractivity contribution is 5.93. The summed E-state index contributed by atoms with van der Waals surface area (Å²) in [5, 5.41) is 0. The molecule has 0 aliphatic heterocycles. The minimum atomic E-state index is -0.299. The lowest BCUT2D eigenvalue weighted by atomic mass is 9.73. The molecule has 12 aromatic carbocycles. The van der Waals surface area contributed by atoms with Crippen LogP contribution < -0.4 is 14.7 Å². The highest BCUT2D eigenvalue weighted by Gasteiger charge is 2.45. The Bertz CT molecular complexity index is 5060. The summed E-state index contributed by atoms with van der Waals surface area (Å²) in [7, 11) is 0. The highest BCUT2D eigenvalue weighted by atomic mass is 15.2. The third-order valence-corrected chi connectivity index (χ3v) is 26.6. The van der Waals surface area contributed by atoms with Gasteiger partial charge in [0.15, 0.2) is 17.5 Å². The van der Waals surface area contributed by atoms with E-state index in [0.717, 1.165) is 55.2 Å². The fraction of sp³-hybridized carbons (Fsp3) is 0.306. The van der Waals surface area contributed by atoms with Crippen molar-refractivity contribution in [2.24, 2.45) is 0 Å². The van der Waals surface area contributed by atoms with Gasteiger partial charge in [-0.3, -0.25) is 0 Å². The minimum Gasteiger partial charge on any atom is -0.310 e. The topological polar surface area (TPSA) is 48.4 Å². The first kappa shape index (κ1) is 77.0. The lowest BCUT2D eigenvalue weighted by Crippen LogP contribution is -2.24. The van der Waals surface area contributed by atoms with E-state index >= 15 is 0 Å². The van der Waals surface area contributed by atoms with Crippen molar-refractivity contribution in [1.29, 1.82) is 0 Å². The molecule has 0 amide bonds. The van der Waals surface area contributed by atoms with Gasteiger partial charge in [-0.1, -0.05) is 288 Å². The molecule has 0 spiro atoms. The van der Waals surface area contributed by atoms with Gasteiger partial charge in [0, 0.05) is 84.1 Å². The van der Waals surface area contributed by atoms with Crippen LogP contribution in [0.2, 0.25) is 0 Å². The quantitative estimate of drug-likeness (QED) is 0.0601. The van der Waals surface area contributed by atoms with Gasteiger partial charge in [0.05, 0.1) is 0 Å². The molecule has 3 aliphatic carbocycles. The molecule has 1 aromatic heterocycles. The van der Waals surface area contributed by atoms with E-state index in [1.54, 1.807) is 0 Å². The maximum absolute atomic E-state index is 5.78. The molecule has 3 aliphatic rings. The van der Waals surface area contributed by atoms with Crippen molar-refractivity contribution < 1.29 is 0 Å². The number of aromatic nitrogens is 3. The van der Waals surface area contributed by atoms with Crippen LogP contribution in [0.15, 0.2) is 255 Å². The van der Waals surface area contributed by atoms with E-state index in [2.05, 4.69) is 394 Å². The van der Waals surface area contributed by atoms with E-state index in [1.807, 2.05) is 0 Å². The van der Waals surface area contributed by atoms with Crippen molar-refractivity contribution in [3.8, 4) is 67.5 Å². The van der Waals surface area contributed by atoms with Crippen molar-refractivity contribution >= 4 is 51.2 Å². The molecule has 114 heavy (non-hydrogen) atoms. The van der Waals surface area contributed by atoms with Crippen LogP contribution >= 0.6 is 0 Å². The summed E-state index contributed by atoms with van der Waals surface area (Å²) in [6.45, 7) is 42.2. The third kappa shape index (κ3) is 12.6. The number of hydrogen-bond donors (Lipinski definition) is 0. The Kier molecular flexibility index (Phi) is 20.8. The Hall–Kier alpha value is -11.0. The van der Waals surface area contributed by atoms with Gasteiger partial charge in [0.25, 0.3) is 0 Å². The van der Waals surface area contributed by atoms with Crippen LogP contribution in [0.1, 0.15) is 265 Å². The minimum absolute atomic E-state index is 0.299. The second kappa shape index (κ2) is 30.8.